The minimum atomic E-state index is 0.522. The predicted octanol–water partition coefficient (Wildman–Crippen LogP) is 7.91. The van der Waals surface area contributed by atoms with Gasteiger partial charge in [0.15, 0.2) is 5.76 Å². The fourth-order valence-electron chi connectivity index (χ4n) is 4.45. The molecule has 0 aliphatic heterocycles. The number of unbranched alkanes of at least 4 members (excludes halogenated alkanes) is 3. The van der Waals surface area contributed by atoms with E-state index < -0.39 is 0 Å². The van der Waals surface area contributed by atoms with Crippen LogP contribution in [0.15, 0.2) is 78.5 Å². The molecule has 0 radical (unpaired) electrons. The summed E-state index contributed by atoms with van der Waals surface area (Å²) < 4.78 is 7.85. The van der Waals surface area contributed by atoms with Crippen LogP contribution in [0.1, 0.15) is 65.4 Å². The molecule has 0 bridgehead atoms. The molecule has 0 atom stereocenters. The number of para-hydroxylation sites is 1. The van der Waals surface area contributed by atoms with Gasteiger partial charge in [-0.15, -0.1) is 0 Å². The molecule has 0 fully saturated rings. The Morgan fingerprint density at radius 1 is 1.17 bits per heavy atom. The van der Waals surface area contributed by atoms with Crippen molar-refractivity contribution in [1.82, 2.24) is 14.8 Å². The highest BCUT2D eigenvalue weighted by atomic mass is 16.5. The molecule has 4 heteroatoms. The molecule has 2 rings (SSSR count). The van der Waals surface area contributed by atoms with Crippen molar-refractivity contribution in [2.45, 2.75) is 66.3 Å². The summed E-state index contributed by atoms with van der Waals surface area (Å²) in [5.74, 6) is 1.23. The van der Waals surface area contributed by atoms with Crippen LogP contribution in [-0.4, -0.2) is 36.7 Å². The maximum Gasteiger partial charge on any atom is 0.170 e. The van der Waals surface area contributed by atoms with Crippen molar-refractivity contribution in [3.05, 3.63) is 84.0 Å². The molecule has 2 aromatic rings. The van der Waals surface area contributed by atoms with Gasteiger partial charge in [-0.05, 0) is 50.3 Å². The number of allylic oxidation sites excluding steroid dienone is 5. The van der Waals surface area contributed by atoms with Gasteiger partial charge in [0.1, 0.15) is 0 Å². The average molecular weight is 490 g/mol. The van der Waals surface area contributed by atoms with Crippen molar-refractivity contribution >= 4 is 16.7 Å². The zero-order chi connectivity index (χ0) is 26.3. The summed E-state index contributed by atoms with van der Waals surface area (Å²) in [5.41, 5.74) is 7.74. The number of aryl methyl sites for hydroxylation is 1. The molecule has 4 nitrogen and oxygen atoms in total. The second-order valence-corrected chi connectivity index (χ2v) is 9.66. The number of nitrogens with one attached hydrogen (secondary N) is 1. The Morgan fingerprint density at radius 3 is 2.58 bits per heavy atom. The van der Waals surface area contributed by atoms with Crippen molar-refractivity contribution < 1.29 is 4.74 Å². The van der Waals surface area contributed by atoms with Crippen molar-refractivity contribution in [2.24, 2.45) is 5.92 Å². The van der Waals surface area contributed by atoms with Crippen molar-refractivity contribution in [1.29, 1.82) is 0 Å². The summed E-state index contributed by atoms with van der Waals surface area (Å²) in [4.78, 5) is 2.55. The van der Waals surface area contributed by atoms with Gasteiger partial charge in [0.05, 0.1) is 12.7 Å². The molecular formula is C32H47N3O. The van der Waals surface area contributed by atoms with Crippen LogP contribution in [0.4, 0.5) is 0 Å². The maximum absolute atomic E-state index is 5.50. The lowest BCUT2D eigenvalue weighted by Crippen LogP contribution is -2.25. The Kier molecular flexibility index (Phi) is 12.8. The number of hydrogen-bond acceptors (Lipinski definition) is 3. The summed E-state index contributed by atoms with van der Waals surface area (Å²) in [6.45, 7) is 15.8. The average Bonchev–Trinajstić information content (AvgIpc) is 3.23. The zero-order valence-electron chi connectivity index (χ0n) is 23.4. The Hall–Kier alpha value is -3.10. The molecule has 0 spiro atoms. The van der Waals surface area contributed by atoms with E-state index >= 15 is 0 Å². The van der Waals surface area contributed by atoms with Crippen LogP contribution in [-0.2, 0) is 11.3 Å². The van der Waals surface area contributed by atoms with Crippen LogP contribution in [0.2, 0.25) is 0 Å². The number of nitrogens with zero attached hydrogens (tertiary/aromatic N) is 2. The van der Waals surface area contributed by atoms with Gasteiger partial charge < -0.3 is 19.5 Å². The van der Waals surface area contributed by atoms with Gasteiger partial charge in [-0.25, -0.2) is 0 Å². The molecule has 0 unspecified atom stereocenters. The van der Waals surface area contributed by atoms with Crippen LogP contribution in [0.25, 0.3) is 16.7 Å². The molecule has 36 heavy (non-hydrogen) atoms. The second kappa shape index (κ2) is 15.8. The van der Waals surface area contributed by atoms with Gasteiger partial charge >= 0.3 is 0 Å². The first-order chi connectivity index (χ1) is 17.4. The summed E-state index contributed by atoms with van der Waals surface area (Å²) in [6, 6.07) is 8.50. The van der Waals surface area contributed by atoms with Gasteiger partial charge in [0.25, 0.3) is 0 Å². The smallest absolute Gasteiger partial charge is 0.170 e. The molecule has 1 heterocycles. The largest absolute Gasteiger partial charge is 0.489 e. The summed E-state index contributed by atoms with van der Waals surface area (Å²) in [5, 5.41) is 4.38. The Balaban J connectivity index is 1.95. The number of ether oxygens (including phenoxy) is 1. The summed E-state index contributed by atoms with van der Waals surface area (Å²) in [6.07, 6.45) is 17.1. The lowest BCUT2D eigenvalue weighted by atomic mass is 10.1. The number of aromatic nitrogens is 1. The minimum Gasteiger partial charge on any atom is -0.489 e. The first-order valence-electron chi connectivity index (χ1n) is 13.5. The molecular weight excluding hydrogens is 442 g/mol. The van der Waals surface area contributed by atoms with Crippen molar-refractivity contribution in [3.63, 3.8) is 0 Å². The van der Waals surface area contributed by atoms with E-state index in [0.29, 0.717) is 11.7 Å². The standard InChI is InChI=1S/C32H47N3O/c1-8-21-34(28(24-26(3)4)18-16-17-27(5)33-6)22-14-10-11-15-23-35-25-30(32(9-2)36-7)29-19-12-13-20-31(29)35/h12-13,16-20,24-26,33H,2,8,10-11,14-15,21-23H2,1,3-7H3/b18-16-,27-17+,28-24-. The number of methoxy groups -OCH3 is 1. The lowest BCUT2D eigenvalue weighted by molar-refractivity contribution is 0.339. The molecule has 1 aromatic heterocycles. The SMILES string of the molecule is C=C=C(OC)c1cn(CCCCCCN(CCC)C(/C=C\C=C(/C)NC)=C\C(C)C)c2ccccc12. The third kappa shape index (κ3) is 8.84. The molecule has 0 amide bonds. The molecule has 1 aromatic carbocycles. The minimum absolute atomic E-state index is 0.522. The number of fused-ring (bicyclic) bond motifs is 1. The normalized spacial score (nSPS) is 12.4. The third-order valence-electron chi connectivity index (χ3n) is 6.35. The fourth-order valence-corrected chi connectivity index (χ4v) is 4.45. The van der Waals surface area contributed by atoms with Gasteiger partial charge in [-0.1, -0.05) is 76.3 Å². The van der Waals surface area contributed by atoms with E-state index in [1.807, 2.05) is 7.05 Å². The first kappa shape index (κ1) is 29.1. The van der Waals surface area contributed by atoms with E-state index in [-0.39, 0.29) is 0 Å². The monoisotopic (exact) mass is 489 g/mol. The Morgan fingerprint density at radius 2 is 1.92 bits per heavy atom. The number of hydrogen-bond donors (Lipinski definition) is 1. The van der Waals surface area contributed by atoms with Gasteiger partial charge in [0, 0.05) is 55.2 Å². The molecule has 0 saturated heterocycles. The van der Waals surface area contributed by atoms with Gasteiger partial charge in [0.2, 0.25) is 0 Å². The highest BCUT2D eigenvalue weighted by Crippen LogP contribution is 2.27. The molecule has 1 N–H and O–H groups in total. The van der Waals surface area contributed by atoms with Gasteiger partial charge in [-0.2, -0.15) is 0 Å². The van der Waals surface area contributed by atoms with Crippen LogP contribution in [0.3, 0.4) is 0 Å². The van der Waals surface area contributed by atoms with Crippen LogP contribution in [0, 0.1) is 5.92 Å². The molecule has 0 aliphatic carbocycles. The Labute approximate surface area is 219 Å². The van der Waals surface area contributed by atoms with Crippen LogP contribution < -0.4 is 5.32 Å². The molecule has 196 valence electrons. The predicted molar refractivity (Wildman–Crippen MR) is 157 cm³/mol. The quantitative estimate of drug-likeness (QED) is 0.112. The van der Waals surface area contributed by atoms with E-state index in [4.69, 9.17) is 4.74 Å². The summed E-state index contributed by atoms with van der Waals surface area (Å²) in [7, 11) is 3.64. The Bertz CT molecular complexity index is 1080. The fraction of sp³-hybridized carbons (Fsp3) is 0.469. The topological polar surface area (TPSA) is 29.4 Å². The van der Waals surface area contributed by atoms with E-state index in [1.54, 1.807) is 7.11 Å². The maximum atomic E-state index is 5.50. The molecule has 0 saturated carbocycles. The third-order valence-corrected chi connectivity index (χ3v) is 6.35. The van der Waals surface area contributed by atoms with E-state index in [1.165, 1.54) is 41.6 Å². The van der Waals surface area contributed by atoms with Crippen molar-refractivity contribution in [3.8, 4) is 0 Å². The van der Waals surface area contributed by atoms with E-state index in [0.717, 1.165) is 38.0 Å². The highest BCUT2D eigenvalue weighted by Gasteiger charge is 2.12. The highest BCUT2D eigenvalue weighted by molar-refractivity contribution is 5.91. The van der Waals surface area contributed by atoms with E-state index in [2.05, 4.69) is 110 Å². The lowest BCUT2D eigenvalue weighted by Gasteiger charge is -2.26. The molecule has 0 aliphatic rings. The van der Waals surface area contributed by atoms with Crippen molar-refractivity contribution in [2.75, 3.05) is 27.2 Å². The van der Waals surface area contributed by atoms with E-state index in [9.17, 15) is 0 Å². The first-order valence-corrected chi connectivity index (χ1v) is 13.5. The summed E-state index contributed by atoms with van der Waals surface area (Å²) >= 11 is 0. The van der Waals surface area contributed by atoms with Gasteiger partial charge in [-0.3, -0.25) is 0 Å². The van der Waals surface area contributed by atoms with Crippen LogP contribution in [0.5, 0.6) is 0 Å². The van der Waals surface area contributed by atoms with Crippen LogP contribution >= 0.6 is 0 Å². The zero-order valence-corrected chi connectivity index (χ0v) is 23.4. The number of benzene rings is 1. The second-order valence-electron chi connectivity index (χ2n) is 9.66. The number of rotatable bonds is 16.